The van der Waals surface area contributed by atoms with E-state index in [-0.39, 0.29) is 24.3 Å². The first-order chi connectivity index (χ1) is 7.15. The van der Waals surface area contributed by atoms with E-state index in [1.54, 1.807) is 0 Å². The van der Waals surface area contributed by atoms with Gasteiger partial charge in [-0.15, -0.1) is 0 Å². The molecule has 4 heteroatoms. The van der Waals surface area contributed by atoms with E-state index in [9.17, 15) is 13.6 Å². The number of carbonyl (C=O) groups excluding carboxylic acids is 1. The average molecular weight is 215 g/mol. The van der Waals surface area contributed by atoms with Crippen molar-refractivity contribution < 1.29 is 13.6 Å². The van der Waals surface area contributed by atoms with Crippen molar-refractivity contribution in [2.45, 2.75) is 45.2 Å². The van der Waals surface area contributed by atoms with E-state index >= 15 is 0 Å². The minimum absolute atomic E-state index is 0.0792. The summed E-state index contributed by atoms with van der Waals surface area (Å²) in [6.07, 6.45) is 2.45. The van der Waals surface area contributed by atoms with Crippen LogP contribution in [-0.4, -0.2) is 17.7 Å². The predicted molar refractivity (Wildman–Crippen MR) is 55.3 cm³/mol. The molecule has 0 radical (unpaired) electrons. The zero-order chi connectivity index (χ0) is 11.3. The largest absolute Gasteiger partial charge is 0.293 e. The predicted octanol–water partition coefficient (Wildman–Crippen LogP) is 3.13. The fourth-order valence-electron chi connectivity index (χ4n) is 1.44. The van der Waals surface area contributed by atoms with Gasteiger partial charge in [0.05, 0.1) is 0 Å². The molecule has 0 N–H and O–H groups in total. The summed E-state index contributed by atoms with van der Waals surface area (Å²) in [5.74, 6) is -1.11. The molecule has 0 aromatic carbocycles. The zero-order valence-corrected chi connectivity index (χ0v) is 8.80. The highest BCUT2D eigenvalue weighted by Crippen LogP contribution is 2.17. The smallest absolute Gasteiger partial charge is 0.209 e. The number of hydrogen-bond acceptors (Lipinski definition) is 2. The Kier molecular flexibility index (Phi) is 4.59. The van der Waals surface area contributed by atoms with E-state index in [1.807, 2.05) is 6.92 Å². The minimum Gasteiger partial charge on any atom is -0.293 e. The molecule has 1 atom stereocenters. The lowest BCUT2D eigenvalue weighted by molar-refractivity contribution is -0.113. The molecular weight excluding hydrogens is 200 g/mol. The first kappa shape index (κ1) is 12.0. The molecular formula is C11H15F2NO. The molecule has 2 nitrogen and oxygen atoms in total. The van der Waals surface area contributed by atoms with Crippen LogP contribution in [0.4, 0.5) is 8.78 Å². The monoisotopic (exact) mass is 215 g/mol. The average Bonchev–Trinajstić information content (AvgIpc) is 2.22. The lowest BCUT2D eigenvalue weighted by atomic mass is 10.0. The summed E-state index contributed by atoms with van der Waals surface area (Å²) in [5, 5.41) is 0. The van der Waals surface area contributed by atoms with Gasteiger partial charge in [-0.25, -0.2) is 9.38 Å². The first-order valence-corrected chi connectivity index (χ1v) is 5.26. The van der Waals surface area contributed by atoms with Crippen molar-refractivity contribution in [3.63, 3.8) is 0 Å². The molecule has 0 fully saturated rings. The second-order valence-corrected chi connectivity index (χ2v) is 3.61. The Morgan fingerprint density at radius 3 is 3.00 bits per heavy atom. The van der Waals surface area contributed by atoms with Gasteiger partial charge in [0.1, 0.15) is 11.9 Å². The number of halogens is 2. The normalized spacial score (nSPS) is 20.9. The SMILES string of the molecule is CCCCCC(=O)C1=NC(F)=CCC1F. The van der Waals surface area contributed by atoms with Gasteiger partial charge in [-0.3, -0.25) is 4.79 Å². The van der Waals surface area contributed by atoms with Crippen LogP contribution in [0, 0.1) is 0 Å². The van der Waals surface area contributed by atoms with E-state index < -0.39 is 12.1 Å². The van der Waals surface area contributed by atoms with Crippen molar-refractivity contribution in [3.05, 3.63) is 12.0 Å². The first-order valence-electron chi connectivity index (χ1n) is 5.26. The zero-order valence-electron chi connectivity index (χ0n) is 8.80. The van der Waals surface area contributed by atoms with Crippen LogP contribution in [-0.2, 0) is 4.79 Å². The summed E-state index contributed by atoms with van der Waals surface area (Å²) in [6, 6.07) is 0. The Balaban J connectivity index is 2.54. The summed E-state index contributed by atoms with van der Waals surface area (Å²) in [5.41, 5.74) is -0.244. The highest BCUT2D eigenvalue weighted by molar-refractivity contribution is 6.41. The molecule has 0 aromatic rings. The van der Waals surface area contributed by atoms with Crippen molar-refractivity contribution >= 4 is 11.5 Å². The third-order valence-corrected chi connectivity index (χ3v) is 2.31. The lowest BCUT2D eigenvalue weighted by Gasteiger charge is -2.12. The van der Waals surface area contributed by atoms with Gasteiger partial charge in [0.25, 0.3) is 0 Å². The summed E-state index contributed by atoms with van der Waals surface area (Å²) in [4.78, 5) is 14.8. The maximum absolute atomic E-state index is 13.2. The molecule has 1 unspecified atom stereocenters. The van der Waals surface area contributed by atoms with Gasteiger partial charge in [0.2, 0.25) is 5.95 Å². The van der Waals surface area contributed by atoms with E-state index in [0.29, 0.717) is 6.42 Å². The number of ketones is 1. The van der Waals surface area contributed by atoms with E-state index in [1.165, 1.54) is 0 Å². The highest BCUT2D eigenvalue weighted by Gasteiger charge is 2.24. The van der Waals surface area contributed by atoms with Gasteiger partial charge in [-0.1, -0.05) is 19.8 Å². The molecule has 1 aliphatic rings. The number of Topliss-reactive ketones (excluding diaryl/α,β-unsaturated/α-hetero) is 1. The van der Waals surface area contributed by atoms with Gasteiger partial charge in [0.15, 0.2) is 5.78 Å². The number of allylic oxidation sites excluding steroid dienone is 1. The molecule has 1 rings (SSSR count). The molecule has 84 valence electrons. The molecule has 1 heterocycles. The third-order valence-electron chi connectivity index (χ3n) is 2.31. The Morgan fingerprint density at radius 1 is 1.60 bits per heavy atom. The second-order valence-electron chi connectivity index (χ2n) is 3.61. The number of unbranched alkanes of at least 4 members (excludes halogenated alkanes) is 2. The van der Waals surface area contributed by atoms with Crippen LogP contribution in [0.3, 0.4) is 0 Å². The van der Waals surface area contributed by atoms with Gasteiger partial charge in [-0.05, 0) is 12.5 Å². The second kappa shape index (κ2) is 5.73. The standard InChI is InChI=1S/C11H15F2NO/c1-2-3-4-5-9(15)11-8(12)6-7-10(13)14-11/h7-8H,2-6H2,1H3. The fourth-order valence-corrected chi connectivity index (χ4v) is 1.44. The lowest BCUT2D eigenvalue weighted by Crippen LogP contribution is -2.27. The number of nitrogens with zero attached hydrogens (tertiary/aromatic N) is 1. The van der Waals surface area contributed by atoms with Crippen molar-refractivity contribution in [3.8, 4) is 0 Å². The number of aliphatic imine (C=N–C) groups is 1. The number of rotatable bonds is 5. The van der Waals surface area contributed by atoms with Crippen LogP contribution < -0.4 is 0 Å². The molecule has 0 amide bonds. The van der Waals surface area contributed by atoms with Crippen molar-refractivity contribution in [1.29, 1.82) is 0 Å². The molecule has 0 aliphatic carbocycles. The number of alkyl halides is 1. The molecule has 1 aliphatic heterocycles. The van der Waals surface area contributed by atoms with Crippen molar-refractivity contribution in [2.24, 2.45) is 4.99 Å². The maximum atomic E-state index is 13.2. The van der Waals surface area contributed by atoms with Crippen LogP contribution in [0.1, 0.15) is 39.0 Å². The van der Waals surface area contributed by atoms with Gasteiger partial charge < -0.3 is 0 Å². The molecule has 0 spiro atoms. The number of carbonyl (C=O) groups is 1. The van der Waals surface area contributed by atoms with Crippen molar-refractivity contribution in [1.82, 2.24) is 0 Å². The van der Waals surface area contributed by atoms with Gasteiger partial charge in [0, 0.05) is 12.8 Å². The third kappa shape index (κ3) is 3.53. The quantitative estimate of drug-likeness (QED) is 0.511. The Bertz CT molecular complexity index is 297. The minimum atomic E-state index is -1.43. The summed E-state index contributed by atoms with van der Waals surface area (Å²) >= 11 is 0. The fraction of sp³-hybridized carbons (Fsp3) is 0.636. The van der Waals surface area contributed by atoms with Gasteiger partial charge in [-0.2, -0.15) is 4.39 Å². The van der Waals surface area contributed by atoms with Crippen LogP contribution in [0.25, 0.3) is 0 Å². The number of hydrogen-bond donors (Lipinski definition) is 0. The Hall–Kier alpha value is -1.06. The summed E-state index contributed by atoms with van der Waals surface area (Å²) in [7, 11) is 0. The molecule has 15 heavy (non-hydrogen) atoms. The summed E-state index contributed by atoms with van der Waals surface area (Å²) in [6.45, 7) is 2.02. The Labute approximate surface area is 88.1 Å². The maximum Gasteiger partial charge on any atom is 0.209 e. The van der Waals surface area contributed by atoms with Gasteiger partial charge >= 0.3 is 0 Å². The molecule has 0 aromatic heterocycles. The highest BCUT2D eigenvalue weighted by atomic mass is 19.1. The van der Waals surface area contributed by atoms with Crippen LogP contribution in [0.5, 0.6) is 0 Å². The molecule has 0 saturated carbocycles. The Morgan fingerprint density at radius 2 is 2.33 bits per heavy atom. The van der Waals surface area contributed by atoms with E-state index in [4.69, 9.17) is 0 Å². The molecule has 0 bridgehead atoms. The molecule has 0 saturated heterocycles. The topological polar surface area (TPSA) is 29.4 Å². The van der Waals surface area contributed by atoms with Crippen LogP contribution in [0.2, 0.25) is 0 Å². The van der Waals surface area contributed by atoms with E-state index in [2.05, 4.69) is 4.99 Å². The summed E-state index contributed by atoms with van der Waals surface area (Å²) < 4.78 is 25.9. The van der Waals surface area contributed by atoms with Crippen molar-refractivity contribution in [2.75, 3.05) is 0 Å². The van der Waals surface area contributed by atoms with E-state index in [0.717, 1.165) is 18.9 Å². The van der Waals surface area contributed by atoms with Crippen LogP contribution >= 0.6 is 0 Å². The van der Waals surface area contributed by atoms with Crippen LogP contribution in [0.15, 0.2) is 17.0 Å².